The Bertz CT molecular complexity index is 367. The number of rotatable bonds is 2. The highest BCUT2D eigenvalue weighted by Crippen LogP contribution is 2.24. The summed E-state index contributed by atoms with van der Waals surface area (Å²) in [6.07, 6.45) is 4.46. The van der Waals surface area contributed by atoms with Gasteiger partial charge in [0.1, 0.15) is 12.0 Å². The number of ether oxygens (including phenoxy) is 1. The summed E-state index contributed by atoms with van der Waals surface area (Å²) in [5.41, 5.74) is 4.35. The molecule has 0 saturated carbocycles. The lowest BCUT2D eigenvalue weighted by molar-refractivity contribution is -0.138. The first-order valence-corrected chi connectivity index (χ1v) is 4.08. The van der Waals surface area contributed by atoms with Crippen LogP contribution in [0.1, 0.15) is 5.69 Å². The lowest BCUT2D eigenvalue weighted by Gasteiger charge is -2.24. The second-order valence-corrected chi connectivity index (χ2v) is 2.83. The fourth-order valence-corrected chi connectivity index (χ4v) is 1.28. The Balaban J connectivity index is 2.43. The summed E-state index contributed by atoms with van der Waals surface area (Å²) in [7, 11) is 0. The van der Waals surface area contributed by atoms with Gasteiger partial charge in [0.2, 0.25) is 0 Å². The van der Waals surface area contributed by atoms with Crippen molar-refractivity contribution < 1.29 is 9.53 Å². The van der Waals surface area contributed by atoms with Gasteiger partial charge in [0.25, 0.3) is 5.91 Å². The molecule has 2 heterocycles. The Morgan fingerprint density at radius 1 is 1.57 bits per heavy atom. The fourth-order valence-electron chi connectivity index (χ4n) is 1.28. The van der Waals surface area contributed by atoms with Crippen molar-refractivity contribution in [3.63, 3.8) is 0 Å². The van der Waals surface area contributed by atoms with Crippen molar-refractivity contribution in [2.24, 2.45) is 5.73 Å². The first kappa shape index (κ1) is 8.55. The predicted molar refractivity (Wildman–Crippen MR) is 48.5 cm³/mol. The van der Waals surface area contributed by atoms with Gasteiger partial charge in [-0.05, 0) is 12.1 Å². The van der Waals surface area contributed by atoms with E-state index in [2.05, 4.69) is 10.3 Å². The van der Waals surface area contributed by atoms with Crippen LogP contribution >= 0.6 is 0 Å². The van der Waals surface area contributed by atoms with Gasteiger partial charge in [-0.1, -0.05) is 6.07 Å². The number of nitrogens with one attached hydrogen (secondary N) is 1. The topological polar surface area (TPSA) is 77.2 Å². The summed E-state index contributed by atoms with van der Waals surface area (Å²) in [4.78, 5) is 15.3. The molecule has 1 aromatic rings. The van der Waals surface area contributed by atoms with Crippen LogP contribution in [-0.2, 0) is 15.3 Å². The van der Waals surface area contributed by atoms with E-state index in [9.17, 15) is 4.79 Å². The van der Waals surface area contributed by atoms with Crippen LogP contribution in [0.2, 0.25) is 0 Å². The van der Waals surface area contributed by atoms with E-state index in [0.29, 0.717) is 5.69 Å². The number of hydrogen-bond acceptors (Lipinski definition) is 4. The van der Waals surface area contributed by atoms with E-state index in [1.165, 1.54) is 12.5 Å². The van der Waals surface area contributed by atoms with Gasteiger partial charge in [0.05, 0.1) is 0 Å². The van der Waals surface area contributed by atoms with Crippen LogP contribution in [0.4, 0.5) is 0 Å². The van der Waals surface area contributed by atoms with Crippen molar-refractivity contribution in [3.8, 4) is 0 Å². The zero-order valence-corrected chi connectivity index (χ0v) is 7.31. The van der Waals surface area contributed by atoms with Crippen LogP contribution < -0.4 is 11.1 Å². The van der Waals surface area contributed by atoms with E-state index < -0.39 is 11.6 Å². The van der Waals surface area contributed by atoms with E-state index in [0.717, 1.165) is 0 Å². The van der Waals surface area contributed by atoms with E-state index in [4.69, 9.17) is 10.5 Å². The first-order valence-electron chi connectivity index (χ1n) is 4.08. The predicted octanol–water partition coefficient (Wildman–Crippen LogP) is -0.189. The minimum atomic E-state index is -1.35. The van der Waals surface area contributed by atoms with Gasteiger partial charge < -0.3 is 15.8 Å². The maximum Gasteiger partial charge on any atom is 0.302 e. The van der Waals surface area contributed by atoms with Crippen LogP contribution in [0.3, 0.4) is 0 Å². The van der Waals surface area contributed by atoms with Gasteiger partial charge >= 0.3 is 5.72 Å². The third-order valence-corrected chi connectivity index (χ3v) is 1.97. The summed E-state index contributed by atoms with van der Waals surface area (Å²) < 4.78 is 5.16. The lowest BCUT2D eigenvalue weighted by atomic mass is 10.1. The number of nitrogens with two attached hydrogens (primary N) is 1. The number of pyridine rings is 1. The molecule has 0 radical (unpaired) electrons. The zero-order valence-electron chi connectivity index (χ0n) is 7.31. The van der Waals surface area contributed by atoms with Crippen LogP contribution in [0, 0.1) is 0 Å². The summed E-state index contributed by atoms with van der Waals surface area (Å²) in [5, 5.41) is 2.75. The summed E-state index contributed by atoms with van der Waals surface area (Å²) >= 11 is 0. The number of carbonyl (C=O) groups excluding carboxylic acids is 1. The van der Waals surface area contributed by atoms with Crippen molar-refractivity contribution >= 4 is 5.91 Å². The van der Waals surface area contributed by atoms with Gasteiger partial charge in [-0.3, -0.25) is 9.78 Å². The molecule has 1 aliphatic rings. The molecular formula is C9H9N3O2. The van der Waals surface area contributed by atoms with Crippen LogP contribution in [0.5, 0.6) is 0 Å². The Morgan fingerprint density at radius 3 is 2.93 bits per heavy atom. The highest BCUT2D eigenvalue weighted by atomic mass is 16.5. The van der Waals surface area contributed by atoms with Crippen LogP contribution in [-0.4, -0.2) is 10.9 Å². The van der Waals surface area contributed by atoms with E-state index in [1.807, 2.05) is 0 Å². The quantitative estimate of drug-likeness (QED) is 0.679. The minimum Gasteiger partial charge on any atom is -0.459 e. The molecular weight excluding hydrogens is 182 g/mol. The van der Waals surface area contributed by atoms with Crippen molar-refractivity contribution in [2.75, 3.05) is 0 Å². The molecule has 5 heteroatoms. The molecule has 0 bridgehead atoms. The Labute approximate surface area is 80.6 Å². The van der Waals surface area contributed by atoms with Gasteiger partial charge in [0, 0.05) is 12.4 Å². The largest absolute Gasteiger partial charge is 0.459 e. The molecule has 2 rings (SSSR count). The van der Waals surface area contributed by atoms with E-state index in [1.54, 1.807) is 24.4 Å². The summed E-state index contributed by atoms with van der Waals surface area (Å²) in [6.45, 7) is 0. The molecule has 0 saturated heterocycles. The second-order valence-electron chi connectivity index (χ2n) is 2.83. The normalized spacial score (nSPS) is 24.0. The first-order chi connectivity index (χ1) is 6.76. The number of primary amides is 1. The Kier molecular flexibility index (Phi) is 1.85. The molecule has 0 fully saturated rings. The molecule has 1 aliphatic heterocycles. The zero-order chi connectivity index (χ0) is 10.0. The average molecular weight is 191 g/mol. The van der Waals surface area contributed by atoms with Gasteiger partial charge in [-0.25, -0.2) is 0 Å². The van der Waals surface area contributed by atoms with E-state index in [-0.39, 0.29) is 0 Å². The fraction of sp³-hybridized carbons (Fsp3) is 0.111. The second kappa shape index (κ2) is 3.02. The monoisotopic (exact) mass is 191 g/mol. The number of amides is 1. The van der Waals surface area contributed by atoms with Crippen LogP contribution in [0.15, 0.2) is 36.9 Å². The molecule has 0 aromatic carbocycles. The molecule has 5 nitrogen and oxygen atoms in total. The molecule has 1 unspecified atom stereocenters. The molecule has 72 valence electrons. The van der Waals surface area contributed by atoms with E-state index >= 15 is 0 Å². The van der Waals surface area contributed by atoms with Crippen LogP contribution in [0.25, 0.3) is 0 Å². The molecule has 14 heavy (non-hydrogen) atoms. The summed E-state index contributed by atoms with van der Waals surface area (Å²) in [5.74, 6) is -0.624. The maximum absolute atomic E-state index is 11.3. The standard InChI is InChI=1S/C9H9N3O2/c10-8(13)9(12-5-6-14-9)7-3-1-2-4-11-7/h1-6,12H,(H2,10,13). The number of nitrogens with zero attached hydrogens (tertiary/aromatic N) is 1. The smallest absolute Gasteiger partial charge is 0.302 e. The van der Waals surface area contributed by atoms with Crippen molar-refractivity contribution in [1.82, 2.24) is 10.3 Å². The SMILES string of the molecule is NC(=O)C1(c2ccccn2)NC=CO1. The van der Waals surface area contributed by atoms with Gasteiger partial charge in [-0.2, -0.15) is 0 Å². The third-order valence-electron chi connectivity index (χ3n) is 1.97. The number of hydrogen-bond donors (Lipinski definition) is 2. The van der Waals surface area contributed by atoms with Crippen molar-refractivity contribution in [2.45, 2.75) is 5.72 Å². The molecule has 1 atom stereocenters. The molecule has 3 N–H and O–H groups in total. The lowest BCUT2D eigenvalue weighted by Crippen LogP contribution is -2.50. The molecule has 1 aromatic heterocycles. The number of carbonyl (C=O) groups is 1. The Hall–Kier alpha value is -2.04. The minimum absolute atomic E-state index is 0.442. The highest BCUT2D eigenvalue weighted by molar-refractivity contribution is 5.84. The molecule has 0 spiro atoms. The highest BCUT2D eigenvalue weighted by Gasteiger charge is 2.43. The maximum atomic E-state index is 11.3. The van der Waals surface area contributed by atoms with Gasteiger partial charge in [-0.15, -0.1) is 0 Å². The van der Waals surface area contributed by atoms with Gasteiger partial charge in [0.15, 0.2) is 0 Å². The molecule has 1 amide bonds. The summed E-state index contributed by atoms with van der Waals surface area (Å²) in [6, 6.07) is 5.18. The third kappa shape index (κ3) is 1.10. The average Bonchev–Trinajstić information content (AvgIpc) is 2.69. The van der Waals surface area contributed by atoms with Crippen molar-refractivity contribution in [1.29, 1.82) is 0 Å². The van der Waals surface area contributed by atoms with Crippen molar-refractivity contribution in [3.05, 3.63) is 42.6 Å². The molecule has 0 aliphatic carbocycles. The number of aromatic nitrogens is 1. The Morgan fingerprint density at radius 2 is 2.43 bits per heavy atom.